The fourth-order valence-electron chi connectivity index (χ4n) is 3.04. The van der Waals surface area contributed by atoms with E-state index in [0.29, 0.717) is 46.5 Å². The fraction of sp³-hybridized carbons (Fsp3) is 0.300. The number of nitrogens with zero attached hydrogens (tertiary/aromatic N) is 1. The van der Waals surface area contributed by atoms with Crippen molar-refractivity contribution in [2.45, 2.75) is 6.92 Å². The Morgan fingerprint density at radius 1 is 1.11 bits per heavy atom. The van der Waals surface area contributed by atoms with Gasteiger partial charge in [0.2, 0.25) is 5.75 Å². The third-order valence-electron chi connectivity index (χ3n) is 4.40. The lowest BCUT2D eigenvalue weighted by atomic mass is 10.1. The number of methoxy groups -OCH3 is 3. The smallest absolute Gasteiger partial charge is 0.265 e. The molecule has 0 aromatic heterocycles. The van der Waals surface area contributed by atoms with Crippen molar-refractivity contribution in [1.82, 2.24) is 0 Å². The molecule has 148 valence electrons. The van der Waals surface area contributed by atoms with Gasteiger partial charge in [0.15, 0.2) is 18.1 Å². The van der Waals surface area contributed by atoms with E-state index in [2.05, 4.69) is 5.32 Å². The number of carbonyl (C=O) groups is 2. The molecule has 0 unspecified atom stereocenters. The topological polar surface area (TPSA) is 86.3 Å². The predicted octanol–water partition coefficient (Wildman–Crippen LogP) is 2.71. The number of ether oxygens (including phenoxy) is 4. The summed E-state index contributed by atoms with van der Waals surface area (Å²) in [7, 11) is 4.47. The highest BCUT2D eigenvalue weighted by Gasteiger charge is 2.24. The number of carbonyl (C=O) groups excluding carboxylic acids is 2. The van der Waals surface area contributed by atoms with Gasteiger partial charge in [-0.2, -0.15) is 0 Å². The van der Waals surface area contributed by atoms with Gasteiger partial charge in [-0.3, -0.25) is 9.59 Å². The van der Waals surface area contributed by atoms with Gasteiger partial charge in [0.25, 0.3) is 11.8 Å². The van der Waals surface area contributed by atoms with Crippen molar-refractivity contribution in [1.29, 1.82) is 0 Å². The zero-order valence-corrected chi connectivity index (χ0v) is 16.2. The van der Waals surface area contributed by atoms with Crippen LogP contribution in [0.4, 0.5) is 11.4 Å². The van der Waals surface area contributed by atoms with Crippen LogP contribution in [0.5, 0.6) is 23.0 Å². The van der Waals surface area contributed by atoms with Crippen LogP contribution in [0.3, 0.4) is 0 Å². The van der Waals surface area contributed by atoms with Crippen molar-refractivity contribution in [2.24, 2.45) is 0 Å². The summed E-state index contributed by atoms with van der Waals surface area (Å²) in [5, 5.41) is 2.82. The lowest BCUT2D eigenvalue weighted by Gasteiger charge is -2.28. The second-order valence-corrected chi connectivity index (χ2v) is 5.98. The number of amides is 2. The molecule has 0 spiro atoms. The Balaban J connectivity index is 1.87. The van der Waals surface area contributed by atoms with Crippen molar-refractivity contribution in [3.63, 3.8) is 0 Å². The van der Waals surface area contributed by atoms with E-state index in [-0.39, 0.29) is 18.4 Å². The Hall–Kier alpha value is -3.42. The van der Waals surface area contributed by atoms with E-state index < -0.39 is 0 Å². The molecule has 28 heavy (non-hydrogen) atoms. The molecule has 0 radical (unpaired) electrons. The molecule has 2 aromatic carbocycles. The average Bonchev–Trinajstić information content (AvgIpc) is 2.72. The van der Waals surface area contributed by atoms with Gasteiger partial charge >= 0.3 is 0 Å². The highest BCUT2D eigenvalue weighted by Crippen LogP contribution is 2.39. The van der Waals surface area contributed by atoms with Crippen molar-refractivity contribution >= 4 is 23.2 Å². The molecule has 1 aliphatic rings. The van der Waals surface area contributed by atoms with E-state index in [4.69, 9.17) is 18.9 Å². The van der Waals surface area contributed by atoms with Crippen LogP contribution in [0.25, 0.3) is 0 Å². The first-order valence-corrected chi connectivity index (χ1v) is 8.71. The second kappa shape index (κ2) is 8.08. The van der Waals surface area contributed by atoms with Crippen LogP contribution in [0.1, 0.15) is 17.3 Å². The van der Waals surface area contributed by atoms with Gasteiger partial charge in [-0.05, 0) is 31.2 Å². The maximum Gasteiger partial charge on any atom is 0.265 e. The molecule has 0 fully saturated rings. The summed E-state index contributed by atoms with van der Waals surface area (Å²) in [6.07, 6.45) is 0. The van der Waals surface area contributed by atoms with Crippen LogP contribution < -0.4 is 29.2 Å². The number of anilines is 2. The number of hydrogen-bond acceptors (Lipinski definition) is 6. The molecule has 1 N–H and O–H groups in total. The molecule has 0 saturated heterocycles. The minimum Gasteiger partial charge on any atom is -0.493 e. The number of fused-ring (bicyclic) bond motifs is 1. The first kappa shape index (κ1) is 19.3. The van der Waals surface area contributed by atoms with Gasteiger partial charge in [0, 0.05) is 23.9 Å². The monoisotopic (exact) mass is 386 g/mol. The van der Waals surface area contributed by atoms with E-state index in [1.54, 1.807) is 35.2 Å². The Labute approximate surface area is 162 Å². The third kappa shape index (κ3) is 3.53. The lowest BCUT2D eigenvalue weighted by molar-refractivity contribution is -0.121. The van der Waals surface area contributed by atoms with Gasteiger partial charge in [-0.1, -0.05) is 0 Å². The summed E-state index contributed by atoms with van der Waals surface area (Å²) in [6.45, 7) is 2.42. The van der Waals surface area contributed by atoms with Gasteiger partial charge in [-0.15, -0.1) is 0 Å². The molecule has 0 bridgehead atoms. The van der Waals surface area contributed by atoms with E-state index in [9.17, 15) is 9.59 Å². The average molecular weight is 386 g/mol. The van der Waals surface area contributed by atoms with Crippen molar-refractivity contribution in [3.8, 4) is 23.0 Å². The standard InChI is InChI=1S/C20H22N2O6/c1-5-22-14-7-6-13(10-15(14)28-11-18(22)23)21-20(24)12-8-16(25-2)19(27-4)17(9-12)26-3/h6-10H,5,11H2,1-4H3,(H,21,24). The molecule has 1 aliphatic heterocycles. The predicted molar refractivity (Wildman–Crippen MR) is 104 cm³/mol. The Bertz CT molecular complexity index is 887. The zero-order valence-electron chi connectivity index (χ0n) is 16.2. The normalized spacial score (nSPS) is 12.7. The quantitative estimate of drug-likeness (QED) is 0.822. The Morgan fingerprint density at radius 3 is 2.36 bits per heavy atom. The second-order valence-electron chi connectivity index (χ2n) is 5.98. The summed E-state index contributed by atoms with van der Waals surface area (Å²) < 4.78 is 21.3. The van der Waals surface area contributed by atoms with Gasteiger partial charge in [-0.25, -0.2) is 0 Å². The van der Waals surface area contributed by atoms with Crippen LogP contribution in [-0.2, 0) is 4.79 Å². The first-order valence-electron chi connectivity index (χ1n) is 8.71. The number of hydrogen-bond donors (Lipinski definition) is 1. The molecule has 2 aromatic rings. The molecule has 2 amide bonds. The van der Waals surface area contributed by atoms with Gasteiger partial charge < -0.3 is 29.2 Å². The largest absolute Gasteiger partial charge is 0.493 e. The molecular weight excluding hydrogens is 364 g/mol. The summed E-state index contributed by atoms with van der Waals surface area (Å²) in [5.41, 5.74) is 1.57. The van der Waals surface area contributed by atoms with Crippen LogP contribution in [0.2, 0.25) is 0 Å². The Kier molecular flexibility index (Phi) is 5.58. The molecule has 8 nitrogen and oxygen atoms in total. The minimum atomic E-state index is -0.349. The van der Waals surface area contributed by atoms with Crippen molar-refractivity contribution in [3.05, 3.63) is 35.9 Å². The molecule has 0 atom stereocenters. The summed E-state index contributed by atoms with van der Waals surface area (Å²) >= 11 is 0. The van der Waals surface area contributed by atoms with Gasteiger partial charge in [0.1, 0.15) is 5.75 Å². The minimum absolute atomic E-state index is 0.0227. The summed E-state index contributed by atoms with van der Waals surface area (Å²) in [5.74, 6) is 1.29. The zero-order chi connectivity index (χ0) is 20.3. The van der Waals surface area contributed by atoms with Crippen LogP contribution >= 0.6 is 0 Å². The number of likely N-dealkylation sites (N-methyl/N-ethyl adjacent to an activating group) is 1. The molecule has 1 heterocycles. The fourth-order valence-corrected chi connectivity index (χ4v) is 3.04. The molecule has 3 rings (SSSR count). The number of rotatable bonds is 6. The summed E-state index contributed by atoms with van der Waals surface area (Å²) in [6, 6.07) is 8.31. The highest BCUT2D eigenvalue weighted by atomic mass is 16.5. The van der Waals surface area contributed by atoms with E-state index in [1.807, 2.05) is 6.92 Å². The van der Waals surface area contributed by atoms with Crippen LogP contribution in [0, 0.1) is 0 Å². The molecule has 0 saturated carbocycles. The lowest BCUT2D eigenvalue weighted by Crippen LogP contribution is -2.38. The summed E-state index contributed by atoms with van der Waals surface area (Å²) in [4.78, 5) is 26.3. The van der Waals surface area contributed by atoms with Crippen LogP contribution in [-0.4, -0.2) is 46.3 Å². The highest BCUT2D eigenvalue weighted by molar-refractivity contribution is 6.06. The van der Waals surface area contributed by atoms with Crippen LogP contribution in [0.15, 0.2) is 30.3 Å². The maximum atomic E-state index is 12.7. The van der Waals surface area contributed by atoms with Crippen molar-refractivity contribution < 1.29 is 28.5 Å². The van der Waals surface area contributed by atoms with Gasteiger partial charge in [0.05, 0.1) is 27.0 Å². The SMILES string of the molecule is CCN1C(=O)COc2cc(NC(=O)c3cc(OC)c(OC)c(OC)c3)ccc21. The molecule has 0 aliphatic carbocycles. The number of nitrogens with one attached hydrogen (secondary N) is 1. The maximum absolute atomic E-state index is 12.7. The van der Waals surface area contributed by atoms with Crippen molar-refractivity contribution in [2.75, 3.05) is 44.7 Å². The Morgan fingerprint density at radius 2 is 1.79 bits per heavy atom. The van der Waals surface area contributed by atoms with E-state index in [1.165, 1.54) is 21.3 Å². The molecular formula is C20H22N2O6. The first-order chi connectivity index (χ1) is 13.5. The third-order valence-corrected chi connectivity index (χ3v) is 4.40. The van der Waals surface area contributed by atoms with E-state index in [0.717, 1.165) is 0 Å². The van der Waals surface area contributed by atoms with E-state index >= 15 is 0 Å². The number of benzene rings is 2. The molecule has 8 heteroatoms.